The fourth-order valence-electron chi connectivity index (χ4n) is 1.42. The normalized spacial score (nSPS) is 15.1. The Kier molecular flexibility index (Phi) is 4.32. The fraction of sp³-hybridized carbons (Fsp3) is 0.455. The predicted octanol–water partition coefficient (Wildman–Crippen LogP) is 0.447. The van der Waals surface area contributed by atoms with Crippen molar-refractivity contribution in [3.8, 4) is 11.5 Å². The lowest BCUT2D eigenvalue weighted by molar-refractivity contribution is -0.195. The van der Waals surface area contributed by atoms with E-state index in [1.807, 2.05) is 0 Å². The third kappa shape index (κ3) is 2.64. The van der Waals surface area contributed by atoms with E-state index in [1.165, 1.54) is 27.2 Å². The monoisotopic (exact) mass is 315 g/mol. The second kappa shape index (κ2) is 5.09. The molecular weight excluding hydrogens is 301 g/mol. The molecule has 0 amide bonds. The minimum Gasteiger partial charge on any atom is -0.496 e. The minimum atomic E-state index is -2.47. The summed E-state index contributed by atoms with van der Waals surface area (Å²) in [7, 11) is 8.42. The fourth-order valence-corrected chi connectivity index (χ4v) is 1.91. The lowest BCUT2D eigenvalue weighted by Crippen LogP contribution is -2.57. The first-order chi connectivity index (χ1) is 8.15. The van der Waals surface area contributed by atoms with Crippen molar-refractivity contribution in [3.63, 3.8) is 0 Å². The van der Waals surface area contributed by atoms with Crippen LogP contribution >= 0.6 is 15.9 Å². The summed E-state index contributed by atoms with van der Waals surface area (Å²) >= 11 is 3.27. The zero-order chi connectivity index (χ0) is 14.1. The maximum absolute atomic E-state index is 10.1. The van der Waals surface area contributed by atoms with E-state index in [-0.39, 0.29) is 11.3 Å². The van der Waals surface area contributed by atoms with Crippen LogP contribution in [-0.2, 0) is 5.79 Å². The van der Waals surface area contributed by atoms with Gasteiger partial charge in [-0.25, -0.2) is 0 Å². The van der Waals surface area contributed by atoms with Gasteiger partial charge in [0, 0.05) is 5.44 Å². The minimum absolute atomic E-state index is 0.0255. The number of hydrogen-bond donors (Lipinski definition) is 3. The van der Waals surface area contributed by atoms with Gasteiger partial charge < -0.3 is 25.4 Å². The largest absolute Gasteiger partial charge is 0.496 e. The number of benzene rings is 1. The Labute approximate surface area is 115 Å². The number of halogens is 1. The second-order valence-corrected chi connectivity index (χ2v) is 5.00. The summed E-state index contributed by atoms with van der Waals surface area (Å²) < 4.78 is 10.8. The summed E-state index contributed by atoms with van der Waals surface area (Å²) in [6, 6.07) is 2.95. The first-order valence-corrected chi connectivity index (χ1v) is 5.89. The Hall–Kier alpha value is -0.755. The average Bonchev–Trinajstić information content (AvgIpc) is 2.26. The Bertz CT molecular complexity index is 445. The van der Waals surface area contributed by atoms with E-state index in [2.05, 4.69) is 15.9 Å². The molecule has 0 saturated heterocycles. The second-order valence-electron chi connectivity index (χ2n) is 4.14. The van der Waals surface area contributed by atoms with Crippen molar-refractivity contribution in [2.75, 3.05) is 14.2 Å². The van der Waals surface area contributed by atoms with Gasteiger partial charge >= 0.3 is 0 Å². The van der Waals surface area contributed by atoms with Gasteiger partial charge in [0.25, 0.3) is 0 Å². The summed E-state index contributed by atoms with van der Waals surface area (Å²) in [5.41, 5.74) is 3.83. The van der Waals surface area contributed by atoms with Crippen LogP contribution < -0.4 is 15.2 Å². The summed E-state index contributed by atoms with van der Waals surface area (Å²) in [4.78, 5) is 0. The van der Waals surface area contributed by atoms with Gasteiger partial charge in [0.2, 0.25) is 5.79 Å². The molecule has 0 heterocycles. The first kappa shape index (κ1) is 15.3. The van der Waals surface area contributed by atoms with Gasteiger partial charge in [-0.1, -0.05) is 6.92 Å². The van der Waals surface area contributed by atoms with Crippen LogP contribution in [-0.4, -0.2) is 37.7 Å². The molecule has 0 bridgehead atoms. The SMILES string of the molecule is [B]C(C)(N)C(O)(O)c1cc(OC)c(Br)cc1OC. The van der Waals surface area contributed by atoms with Crippen molar-refractivity contribution in [1.29, 1.82) is 0 Å². The van der Waals surface area contributed by atoms with E-state index in [4.69, 9.17) is 23.1 Å². The molecule has 4 N–H and O–H groups in total. The number of aliphatic hydroxyl groups is 2. The Balaban J connectivity index is 3.48. The summed E-state index contributed by atoms with van der Waals surface area (Å²) in [5.74, 6) is -1.83. The maximum atomic E-state index is 10.1. The van der Waals surface area contributed by atoms with Crippen LogP contribution in [0.4, 0.5) is 0 Å². The molecule has 5 nitrogen and oxygen atoms in total. The maximum Gasteiger partial charge on any atom is 0.203 e. The molecule has 0 aliphatic rings. The van der Waals surface area contributed by atoms with Crippen molar-refractivity contribution < 1.29 is 19.7 Å². The van der Waals surface area contributed by atoms with Gasteiger partial charge in [-0.15, -0.1) is 0 Å². The van der Waals surface area contributed by atoms with Crippen molar-refractivity contribution in [1.82, 2.24) is 0 Å². The molecule has 1 aromatic rings. The van der Waals surface area contributed by atoms with Crippen LogP contribution in [0.5, 0.6) is 11.5 Å². The van der Waals surface area contributed by atoms with Gasteiger partial charge in [0.1, 0.15) is 19.3 Å². The van der Waals surface area contributed by atoms with Gasteiger partial charge in [0.05, 0.1) is 24.3 Å². The summed E-state index contributed by atoms with van der Waals surface area (Å²) in [6.45, 7) is 1.29. The highest BCUT2D eigenvalue weighted by molar-refractivity contribution is 9.10. The van der Waals surface area contributed by atoms with Crippen molar-refractivity contribution >= 4 is 23.8 Å². The molecule has 1 aromatic carbocycles. The van der Waals surface area contributed by atoms with E-state index in [0.29, 0.717) is 10.2 Å². The van der Waals surface area contributed by atoms with Crippen LogP contribution in [0.1, 0.15) is 12.5 Å². The molecule has 0 aliphatic carbocycles. The number of rotatable bonds is 4. The molecule has 1 atom stereocenters. The third-order valence-electron chi connectivity index (χ3n) is 2.60. The Morgan fingerprint density at radius 3 is 2.11 bits per heavy atom. The number of ether oxygens (including phenoxy) is 2. The predicted molar refractivity (Wildman–Crippen MR) is 71.7 cm³/mol. The van der Waals surface area contributed by atoms with Crippen LogP contribution in [0.25, 0.3) is 0 Å². The van der Waals surface area contributed by atoms with Crippen LogP contribution in [0.2, 0.25) is 0 Å². The van der Waals surface area contributed by atoms with Gasteiger partial charge in [0.15, 0.2) is 0 Å². The zero-order valence-corrected chi connectivity index (χ0v) is 12.0. The van der Waals surface area contributed by atoms with Crippen molar-refractivity contribution in [2.24, 2.45) is 5.73 Å². The molecule has 0 fully saturated rings. The third-order valence-corrected chi connectivity index (χ3v) is 3.22. The van der Waals surface area contributed by atoms with E-state index in [1.54, 1.807) is 6.07 Å². The molecule has 0 aromatic heterocycles. The number of hydrogen-bond acceptors (Lipinski definition) is 5. The Morgan fingerprint density at radius 2 is 1.72 bits per heavy atom. The van der Waals surface area contributed by atoms with Crippen LogP contribution in [0.3, 0.4) is 0 Å². The lowest BCUT2D eigenvalue weighted by Gasteiger charge is -2.36. The highest BCUT2D eigenvalue weighted by atomic mass is 79.9. The van der Waals surface area contributed by atoms with Gasteiger partial charge in [-0.3, -0.25) is 0 Å². The van der Waals surface area contributed by atoms with Crippen LogP contribution in [0, 0.1) is 0 Å². The smallest absolute Gasteiger partial charge is 0.203 e. The summed E-state index contributed by atoms with van der Waals surface area (Å²) in [5, 5.41) is 20.2. The molecular formula is C11H15BBrNO4. The molecule has 0 saturated carbocycles. The Morgan fingerprint density at radius 1 is 1.22 bits per heavy atom. The van der Waals surface area contributed by atoms with Crippen molar-refractivity contribution in [3.05, 3.63) is 22.2 Å². The van der Waals surface area contributed by atoms with Crippen LogP contribution in [0.15, 0.2) is 16.6 Å². The highest BCUT2D eigenvalue weighted by Gasteiger charge is 2.42. The number of methoxy groups -OCH3 is 2. The summed E-state index contributed by atoms with van der Waals surface area (Å²) in [6.07, 6.45) is 0. The van der Waals surface area contributed by atoms with Gasteiger partial charge in [-0.05, 0) is 28.1 Å². The quantitative estimate of drug-likeness (QED) is 0.555. The van der Waals surface area contributed by atoms with E-state index < -0.39 is 11.2 Å². The first-order valence-electron chi connectivity index (χ1n) is 5.09. The van der Waals surface area contributed by atoms with E-state index >= 15 is 0 Å². The highest BCUT2D eigenvalue weighted by Crippen LogP contribution is 2.39. The topological polar surface area (TPSA) is 84.9 Å². The van der Waals surface area contributed by atoms with E-state index in [9.17, 15) is 10.2 Å². The molecule has 18 heavy (non-hydrogen) atoms. The average molecular weight is 316 g/mol. The van der Waals surface area contributed by atoms with Gasteiger partial charge in [-0.2, -0.15) is 0 Å². The molecule has 1 rings (SSSR count). The number of nitrogens with two attached hydrogens (primary N) is 1. The molecule has 0 spiro atoms. The molecule has 7 heteroatoms. The molecule has 0 aliphatic heterocycles. The van der Waals surface area contributed by atoms with Crippen molar-refractivity contribution in [2.45, 2.75) is 18.1 Å². The molecule has 98 valence electrons. The molecule has 1 unspecified atom stereocenters. The zero-order valence-electron chi connectivity index (χ0n) is 10.4. The lowest BCUT2D eigenvalue weighted by atomic mass is 9.71. The standard InChI is InChI=1S/C11H15BBrNO4/c1-10(12,14)11(15,16)6-4-9(18-3)7(13)5-8(6)17-2/h4-5,15-16H,14H2,1-3H3. The van der Waals surface area contributed by atoms with E-state index in [0.717, 1.165) is 0 Å². The molecule has 2 radical (unpaired) electrons.